The summed E-state index contributed by atoms with van der Waals surface area (Å²) in [5.41, 5.74) is 1.03. The Morgan fingerprint density at radius 2 is 1.44 bits per heavy atom. The number of hydrogen-bond donors (Lipinski definition) is 0. The molecule has 4 rings (SSSR count). The molecule has 0 saturated carbocycles. The number of amides is 1. The van der Waals surface area contributed by atoms with Crippen molar-refractivity contribution in [3.8, 4) is 5.75 Å². The fraction of sp³-hybridized carbons (Fsp3) is 0.261. The van der Waals surface area contributed by atoms with Gasteiger partial charge in [0.1, 0.15) is 28.2 Å². The average molecular weight is 567 g/mol. The number of furan rings is 1. The van der Waals surface area contributed by atoms with Gasteiger partial charge in [0, 0.05) is 32.7 Å². The molecule has 1 saturated heterocycles. The summed E-state index contributed by atoms with van der Waals surface area (Å²) in [6.07, 6.45) is 0. The molecule has 1 amide bonds. The molecule has 1 fully saturated rings. The van der Waals surface area contributed by atoms with E-state index in [2.05, 4.69) is 4.90 Å². The topological polar surface area (TPSA) is 45.9 Å². The molecule has 0 aliphatic carbocycles. The predicted molar refractivity (Wildman–Crippen MR) is 132 cm³/mol. The van der Waals surface area contributed by atoms with E-state index in [1.807, 2.05) is 0 Å². The highest BCUT2D eigenvalue weighted by Gasteiger charge is 2.25. The minimum Gasteiger partial charge on any atom is -0.482 e. The smallest absolute Gasteiger partial charge is 0.289 e. The van der Waals surface area contributed by atoms with Gasteiger partial charge in [0.05, 0.1) is 15.1 Å². The Labute approximate surface area is 220 Å². The van der Waals surface area contributed by atoms with Crippen molar-refractivity contribution in [2.24, 2.45) is 0 Å². The molecule has 0 spiro atoms. The summed E-state index contributed by atoms with van der Waals surface area (Å²) in [6, 6.07) is 9.67. The Bertz CT molecular complexity index is 1170. The van der Waals surface area contributed by atoms with Crippen LogP contribution in [0.25, 0.3) is 0 Å². The van der Waals surface area contributed by atoms with Crippen LogP contribution in [0.1, 0.15) is 21.9 Å². The third-order valence-electron chi connectivity index (χ3n) is 5.38. The van der Waals surface area contributed by atoms with E-state index in [1.165, 1.54) is 12.1 Å². The zero-order valence-corrected chi connectivity index (χ0v) is 21.4. The number of hydrogen-bond acceptors (Lipinski definition) is 4. The standard InChI is InChI=1S/C23H18Cl5FN2O3/c24-17-18(25)20(27)22(21(28)19(17)26)33-12-15-5-6-16(34-15)23(32)31-9-7-30(8-10-31)11-13-1-3-14(29)4-2-13/h1-6H,7-12H2. The molecular formula is C23H18Cl5FN2O3. The summed E-state index contributed by atoms with van der Waals surface area (Å²) >= 11 is 30.4. The average Bonchev–Trinajstić information content (AvgIpc) is 3.32. The van der Waals surface area contributed by atoms with E-state index in [-0.39, 0.29) is 55.0 Å². The Kier molecular flexibility index (Phi) is 8.18. The molecule has 5 nitrogen and oxygen atoms in total. The van der Waals surface area contributed by atoms with Gasteiger partial charge < -0.3 is 14.1 Å². The zero-order valence-electron chi connectivity index (χ0n) is 17.6. The summed E-state index contributed by atoms with van der Waals surface area (Å²) in [6.45, 7) is 3.17. The van der Waals surface area contributed by atoms with Gasteiger partial charge in [-0.2, -0.15) is 0 Å². The lowest BCUT2D eigenvalue weighted by molar-refractivity contribution is 0.0594. The van der Waals surface area contributed by atoms with Crippen LogP contribution in [0.2, 0.25) is 25.1 Å². The number of carbonyl (C=O) groups excluding carboxylic acids is 1. The summed E-state index contributed by atoms with van der Waals surface area (Å²) < 4.78 is 24.4. The number of benzene rings is 2. The molecule has 11 heteroatoms. The van der Waals surface area contributed by atoms with Crippen LogP contribution in [0.3, 0.4) is 0 Å². The Balaban J connectivity index is 1.33. The van der Waals surface area contributed by atoms with Crippen molar-refractivity contribution in [3.63, 3.8) is 0 Å². The largest absolute Gasteiger partial charge is 0.482 e. The lowest BCUT2D eigenvalue weighted by Gasteiger charge is -2.34. The van der Waals surface area contributed by atoms with Gasteiger partial charge >= 0.3 is 0 Å². The second-order valence-corrected chi connectivity index (χ2v) is 9.54. The van der Waals surface area contributed by atoms with Crippen LogP contribution in [0.15, 0.2) is 40.8 Å². The number of piperazine rings is 1. The maximum Gasteiger partial charge on any atom is 0.289 e. The molecule has 1 aliphatic heterocycles. The Hall–Kier alpha value is -1.67. The molecule has 180 valence electrons. The van der Waals surface area contributed by atoms with Crippen LogP contribution < -0.4 is 4.74 Å². The third-order valence-corrected chi connectivity index (χ3v) is 7.62. The molecule has 0 N–H and O–H groups in total. The summed E-state index contributed by atoms with van der Waals surface area (Å²) in [5.74, 6) is 0.211. The van der Waals surface area contributed by atoms with Gasteiger partial charge in [-0.25, -0.2) is 4.39 Å². The molecule has 2 aromatic carbocycles. The highest BCUT2D eigenvalue weighted by molar-refractivity contribution is 6.55. The molecule has 0 bridgehead atoms. The highest BCUT2D eigenvalue weighted by atomic mass is 35.5. The first kappa shape index (κ1) is 25.4. The first-order chi connectivity index (χ1) is 16.2. The molecule has 2 heterocycles. The maximum atomic E-state index is 13.1. The second-order valence-electron chi connectivity index (χ2n) is 7.65. The van der Waals surface area contributed by atoms with E-state index >= 15 is 0 Å². The van der Waals surface area contributed by atoms with Gasteiger partial charge in [0.15, 0.2) is 11.5 Å². The summed E-state index contributed by atoms with van der Waals surface area (Å²) in [5, 5.41) is 0.155. The SMILES string of the molecule is O=C(c1ccc(COc2c(Cl)c(Cl)c(Cl)c(Cl)c2Cl)o1)N1CCN(Cc2ccc(F)cc2)CC1. The van der Waals surface area contributed by atoms with Crippen molar-refractivity contribution in [3.05, 3.63) is 84.4 Å². The van der Waals surface area contributed by atoms with Crippen LogP contribution in [0.5, 0.6) is 5.75 Å². The summed E-state index contributed by atoms with van der Waals surface area (Å²) in [7, 11) is 0. The zero-order chi connectivity index (χ0) is 24.4. The van der Waals surface area contributed by atoms with E-state index in [4.69, 9.17) is 67.2 Å². The molecule has 0 radical (unpaired) electrons. The first-order valence-electron chi connectivity index (χ1n) is 10.2. The lowest BCUT2D eigenvalue weighted by atomic mass is 10.2. The molecule has 0 atom stereocenters. The normalized spacial score (nSPS) is 14.5. The third kappa shape index (κ3) is 5.59. The van der Waals surface area contributed by atoms with E-state index in [0.29, 0.717) is 38.5 Å². The monoisotopic (exact) mass is 564 g/mol. The maximum absolute atomic E-state index is 13.1. The van der Waals surface area contributed by atoms with Crippen LogP contribution in [0, 0.1) is 5.82 Å². The van der Waals surface area contributed by atoms with Crippen molar-refractivity contribution in [1.29, 1.82) is 0 Å². The number of rotatable bonds is 6. The number of ether oxygens (including phenoxy) is 1. The fourth-order valence-electron chi connectivity index (χ4n) is 3.54. The van der Waals surface area contributed by atoms with Crippen LogP contribution in [-0.2, 0) is 13.2 Å². The highest BCUT2D eigenvalue weighted by Crippen LogP contribution is 2.48. The van der Waals surface area contributed by atoms with E-state index in [9.17, 15) is 9.18 Å². The number of nitrogens with zero attached hydrogens (tertiary/aromatic N) is 2. The molecule has 34 heavy (non-hydrogen) atoms. The van der Waals surface area contributed by atoms with Gasteiger partial charge in [-0.1, -0.05) is 70.1 Å². The minimum atomic E-state index is -0.255. The van der Waals surface area contributed by atoms with Crippen molar-refractivity contribution in [2.45, 2.75) is 13.2 Å². The molecule has 1 aliphatic rings. The number of halogens is 6. The Morgan fingerprint density at radius 1 is 0.853 bits per heavy atom. The van der Waals surface area contributed by atoms with E-state index in [0.717, 1.165) is 5.56 Å². The first-order valence-corrected chi connectivity index (χ1v) is 12.1. The lowest BCUT2D eigenvalue weighted by Crippen LogP contribution is -2.48. The van der Waals surface area contributed by atoms with Crippen molar-refractivity contribution in [1.82, 2.24) is 9.80 Å². The number of carbonyl (C=O) groups is 1. The van der Waals surface area contributed by atoms with Gasteiger partial charge in [-0.05, 0) is 29.8 Å². The molecule has 0 unspecified atom stereocenters. The van der Waals surface area contributed by atoms with Gasteiger partial charge in [0.25, 0.3) is 5.91 Å². The van der Waals surface area contributed by atoms with Crippen molar-refractivity contribution in [2.75, 3.05) is 26.2 Å². The van der Waals surface area contributed by atoms with Gasteiger partial charge in [-0.3, -0.25) is 9.69 Å². The van der Waals surface area contributed by atoms with Gasteiger partial charge in [0.2, 0.25) is 0 Å². The quantitative estimate of drug-likeness (QED) is 0.233. The van der Waals surface area contributed by atoms with Crippen molar-refractivity contribution < 1.29 is 18.3 Å². The minimum absolute atomic E-state index is 0.0293. The van der Waals surface area contributed by atoms with Crippen LogP contribution >= 0.6 is 58.0 Å². The van der Waals surface area contributed by atoms with Crippen LogP contribution in [-0.4, -0.2) is 41.9 Å². The molecule has 3 aromatic rings. The van der Waals surface area contributed by atoms with E-state index in [1.54, 1.807) is 29.2 Å². The van der Waals surface area contributed by atoms with Crippen molar-refractivity contribution >= 4 is 63.9 Å². The second kappa shape index (κ2) is 10.9. The summed E-state index contributed by atoms with van der Waals surface area (Å²) in [4.78, 5) is 16.8. The molecular weight excluding hydrogens is 549 g/mol. The Morgan fingerprint density at radius 3 is 2.06 bits per heavy atom. The van der Waals surface area contributed by atoms with Gasteiger partial charge in [-0.15, -0.1) is 0 Å². The predicted octanol–water partition coefficient (Wildman–Crippen LogP) is 7.22. The van der Waals surface area contributed by atoms with Crippen LogP contribution in [0.4, 0.5) is 4.39 Å². The van der Waals surface area contributed by atoms with E-state index < -0.39 is 0 Å². The molecule has 1 aromatic heterocycles. The fourth-order valence-corrected chi connectivity index (χ4v) is 4.77.